The standard InChI is InChI=1S/C26H22N2O5/c1-32-22-14-17(24(29)27-12-11-16-7-3-6-10-21(16)27)13-18(23(22)33-2)15-28-25(30)19-8-4-5-9-20(19)26(28)31/h3-10,13-14H,11-12,15H2,1-2H3. The summed E-state index contributed by atoms with van der Waals surface area (Å²) in [4.78, 5) is 42.1. The molecule has 0 unspecified atom stereocenters. The van der Waals surface area contributed by atoms with Crippen LogP contribution in [0.1, 0.15) is 42.2 Å². The maximum absolute atomic E-state index is 13.5. The zero-order valence-electron chi connectivity index (χ0n) is 18.3. The molecule has 0 aromatic heterocycles. The van der Waals surface area contributed by atoms with E-state index in [9.17, 15) is 14.4 Å². The van der Waals surface area contributed by atoms with E-state index < -0.39 is 0 Å². The number of carbonyl (C=O) groups excluding carboxylic acids is 3. The van der Waals surface area contributed by atoms with Gasteiger partial charge in [-0.1, -0.05) is 30.3 Å². The number of methoxy groups -OCH3 is 2. The summed E-state index contributed by atoms with van der Waals surface area (Å²) in [5, 5.41) is 0. The molecule has 33 heavy (non-hydrogen) atoms. The average molecular weight is 442 g/mol. The van der Waals surface area contributed by atoms with E-state index in [1.54, 1.807) is 41.3 Å². The SMILES string of the molecule is COc1cc(C(=O)N2CCc3ccccc32)cc(CN2C(=O)c3ccccc3C2=O)c1OC. The molecular formula is C26H22N2O5. The fourth-order valence-corrected chi connectivity index (χ4v) is 4.54. The summed E-state index contributed by atoms with van der Waals surface area (Å²) in [6, 6.07) is 17.9. The lowest BCUT2D eigenvalue weighted by Crippen LogP contribution is -2.31. The number of fused-ring (bicyclic) bond motifs is 2. The first kappa shape index (κ1) is 20.8. The summed E-state index contributed by atoms with van der Waals surface area (Å²) in [5.41, 5.74) is 3.67. The van der Waals surface area contributed by atoms with E-state index in [0.717, 1.165) is 17.7 Å². The largest absolute Gasteiger partial charge is 0.493 e. The van der Waals surface area contributed by atoms with Gasteiger partial charge < -0.3 is 14.4 Å². The number of benzene rings is 3. The van der Waals surface area contributed by atoms with Crippen molar-refractivity contribution in [2.24, 2.45) is 0 Å². The van der Waals surface area contributed by atoms with Crippen LogP contribution in [0.25, 0.3) is 0 Å². The number of rotatable bonds is 5. The summed E-state index contributed by atoms with van der Waals surface area (Å²) >= 11 is 0. The molecular weight excluding hydrogens is 420 g/mol. The van der Waals surface area contributed by atoms with Crippen molar-refractivity contribution in [2.75, 3.05) is 25.7 Å². The molecule has 7 nitrogen and oxygen atoms in total. The van der Waals surface area contributed by atoms with Crippen LogP contribution >= 0.6 is 0 Å². The molecule has 0 N–H and O–H groups in total. The van der Waals surface area contributed by atoms with Gasteiger partial charge in [0.15, 0.2) is 11.5 Å². The van der Waals surface area contributed by atoms with E-state index in [2.05, 4.69) is 0 Å². The molecule has 3 aromatic carbocycles. The van der Waals surface area contributed by atoms with Crippen LogP contribution in [0, 0.1) is 0 Å². The van der Waals surface area contributed by atoms with Crippen molar-refractivity contribution in [1.29, 1.82) is 0 Å². The first-order valence-electron chi connectivity index (χ1n) is 10.6. The minimum Gasteiger partial charge on any atom is -0.493 e. The fraction of sp³-hybridized carbons (Fsp3) is 0.192. The minimum absolute atomic E-state index is 0.0381. The average Bonchev–Trinajstić information content (AvgIpc) is 3.38. The summed E-state index contributed by atoms with van der Waals surface area (Å²) in [5.74, 6) is -0.178. The number of ether oxygens (including phenoxy) is 2. The molecule has 2 aliphatic heterocycles. The number of imide groups is 1. The molecule has 0 fully saturated rings. The lowest BCUT2D eigenvalue weighted by atomic mass is 10.1. The number of anilines is 1. The number of hydrogen-bond acceptors (Lipinski definition) is 5. The summed E-state index contributed by atoms with van der Waals surface area (Å²) in [6.45, 7) is 0.545. The topological polar surface area (TPSA) is 76.2 Å². The van der Waals surface area contributed by atoms with Crippen LogP contribution in [-0.2, 0) is 13.0 Å². The second kappa shape index (κ2) is 8.09. The van der Waals surface area contributed by atoms with Gasteiger partial charge in [0, 0.05) is 23.4 Å². The summed E-state index contributed by atoms with van der Waals surface area (Å²) < 4.78 is 11.0. The Morgan fingerprint density at radius 3 is 2.24 bits per heavy atom. The van der Waals surface area contributed by atoms with Gasteiger partial charge in [-0.05, 0) is 42.3 Å². The van der Waals surface area contributed by atoms with Gasteiger partial charge in [0.1, 0.15) is 0 Å². The Kier molecular flexibility index (Phi) is 5.09. The lowest BCUT2D eigenvalue weighted by Gasteiger charge is -2.21. The van der Waals surface area contributed by atoms with Gasteiger partial charge in [0.25, 0.3) is 17.7 Å². The number of carbonyl (C=O) groups is 3. The first-order valence-corrected chi connectivity index (χ1v) is 10.6. The number of para-hydroxylation sites is 1. The molecule has 0 saturated heterocycles. The Hall–Kier alpha value is -4.13. The zero-order valence-corrected chi connectivity index (χ0v) is 18.3. The van der Waals surface area contributed by atoms with Crippen LogP contribution < -0.4 is 14.4 Å². The van der Waals surface area contributed by atoms with Crippen LogP contribution in [0.4, 0.5) is 5.69 Å². The normalized spacial score (nSPS) is 14.4. The number of hydrogen-bond donors (Lipinski definition) is 0. The number of amides is 3. The quantitative estimate of drug-likeness (QED) is 0.563. The molecule has 3 amide bonds. The molecule has 0 radical (unpaired) electrons. The lowest BCUT2D eigenvalue weighted by molar-refractivity contribution is 0.0641. The van der Waals surface area contributed by atoms with Gasteiger partial charge in [-0.25, -0.2) is 0 Å². The number of nitrogens with zero attached hydrogens (tertiary/aromatic N) is 2. The van der Waals surface area contributed by atoms with Crippen molar-refractivity contribution in [3.8, 4) is 11.5 Å². The molecule has 5 rings (SSSR count). The van der Waals surface area contributed by atoms with Crippen LogP contribution in [0.2, 0.25) is 0 Å². The van der Waals surface area contributed by atoms with E-state index in [-0.39, 0.29) is 24.3 Å². The van der Waals surface area contributed by atoms with Crippen molar-refractivity contribution >= 4 is 23.4 Å². The predicted octanol–water partition coefficient (Wildman–Crippen LogP) is 3.70. The first-order chi connectivity index (χ1) is 16.0. The Morgan fingerprint density at radius 2 is 1.58 bits per heavy atom. The third-order valence-corrected chi connectivity index (χ3v) is 6.14. The van der Waals surface area contributed by atoms with Crippen molar-refractivity contribution < 1.29 is 23.9 Å². The Bertz CT molecular complexity index is 1260. The minimum atomic E-state index is -0.373. The molecule has 7 heteroatoms. The Labute approximate surface area is 191 Å². The molecule has 0 aliphatic carbocycles. The van der Waals surface area contributed by atoms with E-state index in [1.165, 1.54) is 19.1 Å². The summed E-state index contributed by atoms with van der Waals surface area (Å²) in [6.07, 6.45) is 0.789. The van der Waals surface area contributed by atoms with Crippen LogP contribution in [-0.4, -0.2) is 43.4 Å². The highest BCUT2D eigenvalue weighted by Gasteiger charge is 2.36. The third kappa shape index (κ3) is 3.33. The van der Waals surface area contributed by atoms with Gasteiger partial charge in [0.2, 0.25) is 0 Å². The molecule has 0 saturated carbocycles. The smallest absolute Gasteiger partial charge is 0.261 e. The van der Waals surface area contributed by atoms with E-state index in [4.69, 9.17) is 9.47 Å². The maximum atomic E-state index is 13.5. The van der Waals surface area contributed by atoms with E-state index in [0.29, 0.717) is 40.3 Å². The van der Waals surface area contributed by atoms with Crippen LogP contribution in [0.15, 0.2) is 60.7 Å². The second-order valence-electron chi connectivity index (χ2n) is 7.95. The Morgan fingerprint density at radius 1 is 0.909 bits per heavy atom. The van der Waals surface area contributed by atoms with Gasteiger partial charge >= 0.3 is 0 Å². The Balaban J connectivity index is 1.52. The highest BCUT2D eigenvalue weighted by atomic mass is 16.5. The molecule has 166 valence electrons. The van der Waals surface area contributed by atoms with Gasteiger partial charge in [-0.15, -0.1) is 0 Å². The zero-order chi connectivity index (χ0) is 23.1. The monoisotopic (exact) mass is 442 g/mol. The van der Waals surface area contributed by atoms with Crippen molar-refractivity contribution in [3.63, 3.8) is 0 Å². The van der Waals surface area contributed by atoms with Crippen molar-refractivity contribution in [2.45, 2.75) is 13.0 Å². The van der Waals surface area contributed by atoms with Crippen LogP contribution in [0.5, 0.6) is 11.5 Å². The molecule has 0 atom stereocenters. The fourth-order valence-electron chi connectivity index (χ4n) is 4.54. The highest BCUT2D eigenvalue weighted by molar-refractivity contribution is 6.21. The third-order valence-electron chi connectivity index (χ3n) is 6.14. The van der Waals surface area contributed by atoms with Crippen molar-refractivity contribution in [3.05, 3.63) is 88.5 Å². The molecule has 0 bridgehead atoms. The molecule has 2 heterocycles. The van der Waals surface area contributed by atoms with E-state index in [1.807, 2.05) is 24.3 Å². The van der Waals surface area contributed by atoms with E-state index >= 15 is 0 Å². The second-order valence-corrected chi connectivity index (χ2v) is 7.95. The van der Waals surface area contributed by atoms with Crippen LogP contribution in [0.3, 0.4) is 0 Å². The predicted molar refractivity (Wildman–Crippen MR) is 122 cm³/mol. The molecule has 0 spiro atoms. The summed E-state index contributed by atoms with van der Waals surface area (Å²) in [7, 11) is 2.98. The molecule has 3 aromatic rings. The van der Waals surface area contributed by atoms with Gasteiger partial charge in [-0.3, -0.25) is 19.3 Å². The molecule has 2 aliphatic rings. The van der Waals surface area contributed by atoms with Gasteiger partial charge in [0.05, 0.1) is 31.9 Å². The maximum Gasteiger partial charge on any atom is 0.261 e. The van der Waals surface area contributed by atoms with Gasteiger partial charge in [-0.2, -0.15) is 0 Å². The highest BCUT2D eigenvalue weighted by Crippen LogP contribution is 2.37. The van der Waals surface area contributed by atoms with Crippen molar-refractivity contribution in [1.82, 2.24) is 4.90 Å².